The number of methoxy groups -OCH3 is 1. The molecule has 0 aliphatic rings. The first-order valence-electron chi connectivity index (χ1n) is 6.81. The van der Waals surface area contributed by atoms with Gasteiger partial charge in [0.05, 0.1) is 12.1 Å². The zero-order chi connectivity index (χ0) is 15.8. The summed E-state index contributed by atoms with van der Waals surface area (Å²) in [5, 5.41) is 0. The number of carbonyl (C=O) groups is 1. The minimum Gasteiger partial charge on any atom is -0.497 e. The van der Waals surface area contributed by atoms with E-state index < -0.39 is 0 Å². The largest absolute Gasteiger partial charge is 0.497 e. The van der Waals surface area contributed by atoms with Gasteiger partial charge in [-0.1, -0.05) is 18.3 Å². The fraction of sp³-hybridized carbons (Fsp3) is 0.467. The van der Waals surface area contributed by atoms with Gasteiger partial charge in [0.1, 0.15) is 5.75 Å². The fourth-order valence-corrected chi connectivity index (χ4v) is 1.93. The minimum absolute atomic E-state index is 0.0843. The molecule has 0 saturated carbocycles. The molecule has 0 heterocycles. The highest BCUT2D eigenvalue weighted by Crippen LogP contribution is 2.19. The van der Waals surface area contributed by atoms with E-state index >= 15 is 0 Å². The number of amides is 1. The van der Waals surface area contributed by atoms with Crippen molar-refractivity contribution in [3.05, 3.63) is 24.3 Å². The van der Waals surface area contributed by atoms with Gasteiger partial charge >= 0.3 is 0 Å². The van der Waals surface area contributed by atoms with Crippen molar-refractivity contribution >= 4 is 28.8 Å². The molecule has 0 bridgehead atoms. The Hall–Kier alpha value is -1.82. The van der Waals surface area contributed by atoms with Crippen molar-refractivity contribution in [2.24, 2.45) is 5.73 Å². The molecule has 21 heavy (non-hydrogen) atoms. The number of nitrogens with two attached hydrogens (primary N) is 1. The molecule has 0 radical (unpaired) electrons. The zero-order valence-electron chi connectivity index (χ0n) is 12.8. The van der Waals surface area contributed by atoms with Crippen LogP contribution >= 0.6 is 12.2 Å². The van der Waals surface area contributed by atoms with Crippen LogP contribution < -0.4 is 15.4 Å². The summed E-state index contributed by atoms with van der Waals surface area (Å²) in [7, 11) is 5.36. The number of rotatable bonds is 8. The fourth-order valence-electron chi connectivity index (χ4n) is 1.83. The summed E-state index contributed by atoms with van der Waals surface area (Å²) in [4.78, 5) is 16.1. The average Bonchev–Trinajstić information content (AvgIpc) is 2.49. The molecular formula is C15H23N3O2S. The lowest BCUT2D eigenvalue weighted by atomic mass is 10.2. The van der Waals surface area contributed by atoms with Gasteiger partial charge in [-0.05, 0) is 12.1 Å². The molecule has 6 heteroatoms. The molecule has 1 rings (SSSR count). The van der Waals surface area contributed by atoms with Gasteiger partial charge in [-0.3, -0.25) is 4.79 Å². The number of hydrogen-bond acceptors (Lipinski definition) is 4. The first-order valence-corrected chi connectivity index (χ1v) is 7.22. The number of benzene rings is 1. The SMILES string of the molecule is COc1cccc(N(C)CCC(=O)N(C)CCC(N)=S)c1. The Morgan fingerprint density at radius 3 is 2.62 bits per heavy atom. The number of hydrogen-bond donors (Lipinski definition) is 1. The normalized spacial score (nSPS) is 10.0. The molecule has 0 unspecified atom stereocenters. The minimum atomic E-state index is 0.0843. The van der Waals surface area contributed by atoms with E-state index in [1.54, 1.807) is 19.1 Å². The molecule has 116 valence electrons. The lowest BCUT2D eigenvalue weighted by Crippen LogP contribution is -2.32. The molecular weight excluding hydrogens is 286 g/mol. The van der Waals surface area contributed by atoms with E-state index in [4.69, 9.17) is 22.7 Å². The Labute approximate surface area is 131 Å². The van der Waals surface area contributed by atoms with Gasteiger partial charge in [-0.15, -0.1) is 0 Å². The number of nitrogens with zero attached hydrogens (tertiary/aromatic N) is 2. The van der Waals surface area contributed by atoms with E-state index in [1.165, 1.54) is 0 Å². The van der Waals surface area contributed by atoms with Crippen LogP contribution in [0.15, 0.2) is 24.3 Å². The number of ether oxygens (including phenoxy) is 1. The zero-order valence-corrected chi connectivity index (χ0v) is 13.7. The van der Waals surface area contributed by atoms with Crippen molar-refractivity contribution in [3.8, 4) is 5.75 Å². The highest BCUT2D eigenvalue weighted by Gasteiger charge is 2.10. The Morgan fingerprint density at radius 1 is 1.29 bits per heavy atom. The molecule has 0 spiro atoms. The molecule has 2 N–H and O–H groups in total. The van der Waals surface area contributed by atoms with Crippen molar-refractivity contribution in [1.82, 2.24) is 4.90 Å². The number of thiocarbonyl (C=S) groups is 1. The van der Waals surface area contributed by atoms with Gasteiger partial charge in [0.25, 0.3) is 0 Å². The third-order valence-electron chi connectivity index (χ3n) is 3.27. The molecule has 0 aliphatic carbocycles. The maximum absolute atomic E-state index is 12.0. The van der Waals surface area contributed by atoms with E-state index in [-0.39, 0.29) is 5.91 Å². The Kier molecular flexibility index (Phi) is 6.94. The van der Waals surface area contributed by atoms with Crippen LogP contribution in [-0.4, -0.2) is 50.1 Å². The third-order valence-corrected chi connectivity index (χ3v) is 3.48. The first-order chi connectivity index (χ1) is 9.93. The van der Waals surface area contributed by atoms with Gasteiger partial charge in [0.2, 0.25) is 5.91 Å². The third kappa shape index (κ3) is 5.99. The second-order valence-electron chi connectivity index (χ2n) is 4.90. The molecule has 0 aliphatic heterocycles. The van der Waals surface area contributed by atoms with Gasteiger partial charge in [-0.2, -0.15) is 0 Å². The van der Waals surface area contributed by atoms with E-state index in [2.05, 4.69) is 0 Å². The standard InChI is InChI=1S/C15H23N3O2S/c1-17(12-5-4-6-13(11-12)20-3)10-8-15(19)18(2)9-7-14(16)21/h4-6,11H,7-10H2,1-3H3,(H2,16,21). The van der Waals surface area contributed by atoms with Crippen molar-refractivity contribution in [2.45, 2.75) is 12.8 Å². The molecule has 5 nitrogen and oxygen atoms in total. The summed E-state index contributed by atoms with van der Waals surface area (Å²) in [6.45, 7) is 1.21. The van der Waals surface area contributed by atoms with Gasteiger partial charge in [0, 0.05) is 51.8 Å². The quantitative estimate of drug-likeness (QED) is 0.740. The van der Waals surface area contributed by atoms with E-state index in [0.717, 1.165) is 11.4 Å². The number of anilines is 1. The van der Waals surface area contributed by atoms with Crippen LogP contribution in [0.2, 0.25) is 0 Å². The van der Waals surface area contributed by atoms with Crippen molar-refractivity contribution in [1.29, 1.82) is 0 Å². The van der Waals surface area contributed by atoms with Crippen LogP contribution in [0.3, 0.4) is 0 Å². The monoisotopic (exact) mass is 309 g/mol. The Morgan fingerprint density at radius 2 is 2.00 bits per heavy atom. The van der Waals surface area contributed by atoms with Crippen molar-refractivity contribution < 1.29 is 9.53 Å². The maximum Gasteiger partial charge on any atom is 0.224 e. The maximum atomic E-state index is 12.0. The van der Waals surface area contributed by atoms with Gasteiger partial charge in [-0.25, -0.2) is 0 Å². The molecule has 1 aromatic carbocycles. The average molecular weight is 309 g/mol. The first kappa shape index (κ1) is 17.2. The molecule has 1 amide bonds. The predicted molar refractivity (Wildman–Crippen MR) is 89.9 cm³/mol. The van der Waals surface area contributed by atoms with Crippen LogP contribution in [0.5, 0.6) is 5.75 Å². The van der Waals surface area contributed by atoms with Gasteiger partial charge < -0.3 is 20.3 Å². The number of carbonyl (C=O) groups excluding carboxylic acids is 1. The summed E-state index contributed by atoms with van der Waals surface area (Å²) in [6.07, 6.45) is 1.00. The van der Waals surface area contributed by atoms with Crippen molar-refractivity contribution in [2.75, 3.05) is 39.2 Å². The molecule has 1 aromatic rings. The van der Waals surface area contributed by atoms with Crippen LogP contribution in [-0.2, 0) is 4.79 Å². The molecule has 0 fully saturated rings. The van der Waals surface area contributed by atoms with Crippen LogP contribution in [0.4, 0.5) is 5.69 Å². The van der Waals surface area contributed by atoms with E-state index in [1.807, 2.05) is 36.2 Å². The Bertz CT molecular complexity index is 494. The second kappa shape index (κ2) is 8.46. The predicted octanol–water partition coefficient (Wildman–Crippen LogP) is 1.66. The summed E-state index contributed by atoms with van der Waals surface area (Å²) in [5.74, 6) is 0.889. The molecule has 0 aromatic heterocycles. The Balaban J connectivity index is 2.46. The van der Waals surface area contributed by atoms with Gasteiger partial charge in [0.15, 0.2) is 0 Å². The summed E-state index contributed by atoms with van der Waals surface area (Å²) < 4.78 is 5.20. The lowest BCUT2D eigenvalue weighted by Gasteiger charge is -2.22. The van der Waals surface area contributed by atoms with Crippen LogP contribution in [0.25, 0.3) is 0 Å². The smallest absolute Gasteiger partial charge is 0.224 e. The van der Waals surface area contributed by atoms with E-state index in [9.17, 15) is 4.79 Å². The molecule has 0 saturated heterocycles. The van der Waals surface area contributed by atoms with Crippen LogP contribution in [0, 0.1) is 0 Å². The lowest BCUT2D eigenvalue weighted by molar-refractivity contribution is -0.129. The highest BCUT2D eigenvalue weighted by molar-refractivity contribution is 7.80. The molecule has 0 atom stereocenters. The summed E-state index contributed by atoms with van der Waals surface area (Å²) in [6, 6.07) is 7.76. The van der Waals surface area contributed by atoms with E-state index in [0.29, 0.717) is 30.9 Å². The summed E-state index contributed by atoms with van der Waals surface area (Å²) in [5.41, 5.74) is 6.46. The second-order valence-corrected chi connectivity index (χ2v) is 5.43. The summed E-state index contributed by atoms with van der Waals surface area (Å²) >= 11 is 4.81. The highest BCUT2D eigenvalue weighted by atomic mass is 32.1. The van der Waals surface area contributed by atoms with Crippen LogP contribution in [0.1, 0.15) is 12.8 Å². The van der Waals surface area contributed by atoms with Crippen molar-refractivity contribution in [3.63, 3.8) is 0 Å². The topological polar surface area (TPSA) is 58.8 Å².